The summed E-state index contributed by atoms with van der Waals surface area (Å²) in [6.45, 7) is 0. The lowest BCUT2D eigenvalue weighted by atomic mass is 9.70. The van der Waals surface area contributed by atoms with Crippen molar-refractivity contribution in [3.05, 3.63) is 253 Å². The van der Waals surface area contributed by atoms with Crippen molar-refractivity contribution in [3.63, 3.8) is 0 Å². The Morgan fingerprint density at radius 1 is 0.328 bits per heavy atom. The second kappa shape index (κ2) is 13.0. The third kappa shape index (κ3) is 4.79. The Kier molecular flexibility index (Phi) is 7.26. The van der Waals surface area contributed by atoms with Crippen LogP contribution < -0.4 is 4.90 Å². The second-order valence-electron chi connectivity index (χ2n) is 16.4. The van der Waals surface area contributed by atoms with Gasteiger partial charge in [0.2, 0.25) is 0 Å². The van der Waals surface area contributed by atoms with Gasteiger partial charge in [0.25, 0.3) is 0 Å². The van der Waals surface area contributed by atoms with Gasteiger partial charge < -0.3 is 9.47 Å². The molecule has 13 rings (SSSR count). The fourth-order valence-electron chi connectivity index (χ4n) is 10.9. The van der Waals surface area contributed by atoms with Crippen molar-refractivity contribution in [2.24, 2.45) is 0 Å². The summed E-state index contributed by atoms with van der Waals surface area (Å²) in [5, 5.41) is 4.91. The standard InChI is InChI=1S/C59H38N2/c1-3-18-40(19-4-1)51-36-45(38-57-58(51)50-26-12-16-30-56(50)61(57)42-21-5-2-6-22-42)60(43-32-31-39-17-7-8-20-41(39)35-43)44-33-34-49-48-25-11-15-29-54(48)59(55(49)37-44)52-27-13-9-23-46(52)47-24-10-14-28-53(47)59/h1-38H. The molecule has 2 nitrogen and oxygen atoms in total. The zero-order valence-electron chi connectivity index (χ0n) is 33.3. The summed E-state index contributed by atoms with van der Waals surface area (Å²) in [6.07, 6.45) is 0. The maximum atomic E-state index is 2.50. The highest BCUT2D eigenvalue weighted by molar-refractivity contribution is 6.17. The molecule has 10 aromatic carbocycles. The average molecular weight is 775 g/mol. The van der Waals surface area contributed by atoms with Crippen molar-refractivity contribution in [1.29, 1.82) is 0 Å². The molecule has 0 aliphatic heterocycles. The van der Waals surface area contributed by atoms with Gasteiger partial charge in [-0.3, -0.25) is 0 Å². The van der Waals surface area contributed by atoms with Gasteiger partial charge in [-0.15, -0.1) is 0 Å². The summed E-state index contributed by atoms with van der Waals surface area (Å²) in [6, 6.07) is 85.4. The van der Waals surface area contributed by atoms with Gasteiger partial charge >= 0.3 is 0 Å². The highest BCUT2D eigenvalue weighted by Gasteiger charge is 2.51. The van der Waals surface area contributed by atoms with E-state index in [1.54, 1.807) is 0 Å². The summed E-state index contributed by atoms with van der Waals surface area (Å²) in [7, 11) is 0. The number of rotatable bonds is 5. The lowest BCUT2D eigenvalue weighted by molar-refractivity contribution is 0.793. The quantitative estimate of drug-likeness (QED) is 0.169. The van der Waals surface area contributed by atoms with Crippen LogP contribution in [0.5, 0.6) is 0 Å². The van der Waals surface area contributed by atoms with Crippen molar-refractivity contribution in [2.75, 3.05) is 4.90 Å². The van der Waals surface area contributed by atoms with Gasteiger partial charge in [0.05, 0.1) is 16.4 Å². The fourth-order valence-corrected chi connectivity index (χ4v) is 10.9. The monoisotopic (exact) mass is 774 g/mol. The molecule has 1 heterocycles. The number of hydrogen-bond donors (Lipinski definition) is 0. The Morgan fingerprint density at radius 3 is 1.57 bits per heavy atom. The predicted molar refractivity (Wildman–Crippen MR) is 255 cm³/mol. The predicted octanol–water partition coefficient (Wildman–Crippen LogP) is 15.4. The Labute approximate surface area is 354 Å². The number of hydrogen-bond acceptors (Lipinski definition) is 1. The van der Waals surface area contributed by atoms with Crippen molar-refractivity contribution >= 4 is 49.6 Å². The average Bonchev–Trinajstić information content (AvgIpc) is 3.94. The van der Waals surface area contributed by atoms with Crippen LogP contribution in [0.4, 0.5) is 17.1 Å². The second-order valence-corrected chi connectivity index (χ2v) is 16.4. The first-order chi connectivity index (χ1) is 30.3. The third-order valence-electron chi connectivity index (χ3n) is 13.3. The first-order valence-electron chi connectivity index (χ1n) is 21.2. The van der Waals surface area contributed by atoms with Gasteiger partial charge in [-0.25, -0.2) is 0 Å². The van der Waals surface area contributed by atoms with Gasteiger partial charge in [-0.1, -0.05) is 176 Å². The number of anilines is 3. The zero-order chi connectivity index (χ0) is 40.1. The van der Waals surface area contributed by atoms with Crippen LogP contribution in [-0.2, 0) is 5.41 Å². The normalized spacial score (nSPS) is 13.0. The Hall–Kier alpha value is -7.94. The van der Waals surface area contributed by atoms with E-state index in [0.717, 1.165) is 22.7 Å². The minimum atomic E-state index is -0.455. The maximum Gasteiger partial charge on any atom is 0.0726 e. The van der Waals surface area contributed by atoms with Crippen molar-refractivity contribution in [3.8, 4) is 39.1 Å². The summed E-state index contributed by atoms with van der Waals surface area (Å²) in [4.78, 5) is 2.50. The molecule has 0 N–H and O–H groups in total. The molecular weight excluding hydrogens is 737 g/mol. The summed E-state index contributed by atoms with van der Waals surface area (Å²) >= 11 is 0. The van der Waals surface area contributed by atoms with Crippen LogP contribution in [0.1, 0.15) is 22.3 Å². The molecule has 2 heteroatoms. The summed E-state index contributed by atoms with van der Waals surface area (Å²) < 4.78 is 2.44. The lowest BCUT2D eigenvalue weighted by Crippen LogP contribution is -2.26. The molecule has 0 bridgehead atoms. The fraction of sp³-hybridized carbons (Fsp3) is 0.0169. The molecule has 0 saturated carbocycles. The van der Waals surface area contributed by atoms with E-state index in [1.165, 1.54) is 88.2 Å². The molecule has 61 heavy (non-hydrogen) atoms. The molecular formula is C59H38N2. The first kappa shape index (κ1) is 34.0. The number of benzene rings is 10. The van der Waals surface area contributed by atoms with E-state index in [1.807, 2.05) is 0 Å². The summed E-state index contributed by atoms with van der Waals surface area (Å²) in [5.41, 5.74) is 19.3. The van der Waals surface area contributed by atoms with Gasteiger partial charge in [-0.2, -0.15) is 0 Å². The Morgan fingerprint density at radius 2 is 0.869 bits per heavy atom. The van der Waals surface area contributed by atoms with E-state index >= 15 is 0 Å². The number of aromatic nitrogens is 1. The third-order valence-corrected chi connectivity index (χ3v) is 13.3. The van der Waals surface area contributed by atoms with E-state index in [2.05, 4.69) is 240 Å². The minimum Gasteiger partial charge on any atom is -0.310 e. The highest BCUT2D eigenvalue weighted by atomic mass is 15.1. The molecule has 0 radical (unpaired) electrons. The highest BCUT2D eigenvalue weighted by Crippen LogP contribution is 2.63. The molecule has 0 unspecified atom stereocenters. The van der Waals surface area contributed by atoms with E-state index in [9.17, 15) is 0 Å². The zero-order valence-corrected chi connectivity index (χ0v) is 33.3. The molecule has 0 atom stereocenters. The van der Waals surface area contributed by atoms with Crippen molar-refractivity contribution in [2.45, 2.75) is 5.41 Å². The lowest BCUT2D eigenvalue weighted by Gasteiger charge is -2.32. The Balaban J connectivity index is 1.14. The number of para-hydroxylation sites is 2. The van der Waals surface area contributed by atoms with E-state index in [4.69, 9.17) is 0 Å². The van der Waals surface area contributed by atoms with Crippen LogP contribution in [0, 0.1) is 0 Å². The van der Waals surface area contributed by atoms with Crippen LogP contribution in [0.25, 0.3) is 71.6 Å². The van der Waals surface area contributed by atoms with E-state index in [-0.39, 0.29) is 0 Å². The van der Waals surface area contributed by atoms with Crippen molar-refractivity contribution in [1.82, 2.24) is 4.57 Å². The van der Waals surface area contributed by atoms with Gasteiger partial charge in [-0.05, 0) is 121 Å². The summed E-state index contributed by atoms with van der Waals surface area (Å²) in [5.74, 6) is 0. The van der Waals surface area contributed by atoms with Crippen LogP contribution in [0.15, 0.2) is 231 Å². The number of nitrogens with zero attached hydrogens (tertiary/aromatic N) is 2. The van der Waals surface area contributed by atoms with Gasteiger partial charge in [0.15, 0.2) is 0 Å². The van der Waals surface area contributed by atoms with Crippen LogP contribution in [-0.4, -0.2) is 4.57 Å². The van der Waals surface area contributed by atoms with E-state index < -0.39 is 5.41 Å². The minimum absolute atomic E-state index is 0.455. The molecule has 0 amide bonds. The van der Waals surface area contributed by atoms with Crippen LogP contribution in [0.2, 0.25) is 0 Å². The largest absolute Gasteiger partial charge is 0.310 e. The smallest absolute Gasteiger partial charge is 0.0726 e. The molecule has 1 aromatic heterocycles. The Bertz CT molecular complexity index is 3480. The molecule has 11 aromatic rings. The van der Waals surface area contributed by atoms with E-state index in [0.29, 0.717) is 0 Å². The molecule has 0 saturated heterocycles. The van der Waals surface area contributed by atoms with Crippen LogP contribution >= 0.6 is 0 Å². The molecule has 0 fully saturated rings. The molecule has 2 aliphatic rings. The maximum absolute atomic E-state index is 2.50. The van der Waals surface area contributed by atoms with Crippen molar-refractivity contribution < 1.29 is 0 Å². The topological polar surface area (TPSA) is 8.17 Å². The molecule has 284 valence electrons. The molecule has 1 spiro atoms. The number of fused-ring (bicyclic) bond motifs is 14. The first-order valence-corrected chi connectivity index (χ1v) is 21.2. The van der Waals surface area contributed by atoms with Gasteiger partial charge in [0, 0.05) is 33.5 Å². The molecule has 2 aliphatic carbocycles. The SMILES string of the molecule is c1ccc(-c2cc(N(c3ccc4c(c3)C3(c5ccccc5-c5ccccc53)c3ccccc3-4)c3ccc4ccccc4c3)cc3c2c2ccccc2n3-c2ccccc2)cc1. The van der Waals surface area contributed by atoms with Gasteiger partial charge in [0.1, 0.15) is 0 Å². The van der Waals surface area contributed by atoms with Crippen LogP contribution in [0.3, 0.4) is 0 Å².